The number of benzene rings is 1. The molecule has 0 amide bonds. The number of aromatic nitrogens is 2. The molecule has 0 radical (unpaired) electrons. The van der Waals surface area contributed by atoms with Crippen LogP contribution in [0.1, 0.15) is 0 Å². The first-order valence-corrected chi connectivity index (χ1v) is 4.38. The highest BCUT2D eigenvalue weighted by Gasteiger charge is 2.10. The molecule has 2 aromatic rings. The zero-order chi connectivity index (χ0) is 10.7. The third-order valence-electron chi connectivity index (χ3n) is 1.85. The van der Waals surface area contributed by atoms with E-state index in [-0.39, 0.29) is 0 Å². The van der Waals surface area contributed by atoms with Crippen molar-refractivity contribution in [1.82, 2.24) is 9.78 Å². The highest BCUT2D eigenvalue weighted by molar-refractivity contribution is 6.33. The summed E-state index contributed by atoms with van der Waals surface area (Å²) in [6, 6.07) is 8.63. The minimum Gasteiger partial charge on any atom is -0.512 e. The number of hydrogen-bond donors (Lipinski definition) is 2. The van der Waals surface area contributed by atoms with Crippen molar-refractivity contribution in [3.05, 3.63) is 42.7 Å². The maximum Gasteiger partial charge on any atom is 0.707 e. The van der Waals surface area contributed by atoms with E-state index in [9.17, 15) is 0 Å². The Bertz CT molecular complexity index is 413. The Morgan fingerprint density at radius 1 is 1.20 bits per heavy atom. The molecule has 0 atom stereocenters. The lowest BCUT2D eigenvalue weighted by molar-refractivity contribution is 0.288. The summed E-state index contributed by atoms with van der Waals surface area (Å²) in [4.78, 5) is 0. The van der Waals surface area contributed by atoms with Gasteiger partial charge in [-0.2, -0.15) is 5.10 Å². The van der Waals surface area contributed by atoms with E-state index in [0.29, 0.717) is 5.75 Å². The van der Waals surface area contributed by atoms with E-state index in [2.05, 4.69) is 9.75 Å². The molecule has 15 heavy (non-hydrogen) atoms. The van der Waals surface area contributed by atoms with Crippen LogP contribution in [0.3, 0.4) is 0 Å². The van der Waals surface area contributed by atoms with Crippen LogP contribution in [0, 0.1) is 0 Å². The van der Waals surface area contributed by atoms with Crippen molar-refractivity contribution in [1.29, 1.82) is 0 Å². The molecule has 1 aromatic carbocycles. The average molecular weight is 204 g/mol. The van der Waals surface area contributed by atoms with Crippen molar-refractivity contribution in [2.24, 2.45) is 0 Å². The fourth-order valence-corrected chi connectivity index (χ4v) is 1.22. The van der Waals surface area contributed by atoms with Gasteiger partial charge in [-0.15, -0.1) is 0 Å². The third-order valence-corrected chi connectivity index (χ3v) is 1.85. The fourth-order valence-electron chi connectivity index (χ4n) is 1.22. The second-order valence-corrected chi connectivity index (χ2v) is 2.89. The van der Waals surface area contributed by atoms with Crippen LogP contribution < -0.4 is 4.65 Å². The first-order chi connectivity index (χ1) is 7.25. The molecule has 0 aliphatic heterocycles. The zero-order valence-electron chi connectivity index (χ0n) is 7.82. The standard InChI is InChI=1S/C9H9BN2O3/c13-10(14)15-9-4-2-8(3-5-9)12-7-1-6-11-12/h1-7,13-14H. The molecular formula is C9H9BN2O3. The van der Waals surface area contributed by atoms with Crippen LogP contribution in [0.2, 0.25) is 0 Å². The van der Waals surface area contributed by atoms with Crippen molar-refractivity contribution in [2.75, 3.05) is 0 Å². The Morgan fingerprint density at radius 2 is 1.93 bits per heavy atom. The Kier molecular flexibility index (Phi) is 2.71. The summed E-state index contributed by atoms with van der Waals surface area (Å²) < 4.78 is 6.36. The normalized spacial score (nSPS) is 10.0. The van der Waals surface area contributed by atoms with Gasteiger partial charge in [-0.25, -0.2) is 4.68 Å². The van der Waals surface area contributed by atoms with E-state index in [0.717, 1.165) is 5.69 Å². The molecule has 0 saturated heterocycles. The number of rotatable bonds is 3. The smallest absolute Gasteiger partial charge is 0.512 e. The van der Waals surface area contributed by atoms with E-state index in [1.807, 2.05) is 12.3 Å². The molecule has 0 unspecified atom stereocenters. The summed E-state index contributed by atoms with van der Waals surface area (Å²) in [6.45, 7) is 0. The second kappa shape index (κ2) is 4.16. The molecule has 76 valence electrons. The van der Waals surface area contributed by atoms with Crippen molar-refractivity contribution in [2.45, 2.75) is 0 Å². The first kappa shape index (κ1) is 9.76. The Labute approximate surface area is 86.7 Å². The van der Waals surface area contributed by atoms with E-state index in [4.69, 9.17) is 10.0 Å². The topological polar surface area (TPSA) is 67.5 Å². The zero-order valence-corrected chi connectivity index (χ0v) is 7.82. The Morgan fingerprint density at radius 3 is 2.47 bits per heavy atom. The third kappa shape index (κ3) is 2.36. The van der Waals surface area contributed by atoms with Crippen LogP contribution in [0.25, 0.3) is 5.69 Å². The molecule has 2 N–H and O–H groups in total. The van der Waals surface area contributed by atoms with Gasteiger partial charge in [-0.05, 0) is 30.3 Å². The van der Waals surface area contributed by atoms with Gasteiger partial charge in [0.1, 0.15) is 5.75 Å². The van der Waals surface area contributed by atoms with E-state index >= 15 is 0 Å². The Hall–Kier alpha value is -1.79. The molecule has 6 heteroatoms. The summed E-state index contributed by atoms with van der Waals surface area (Å²) in [5, 5.41) is 21.2. The van der Waals surface area contributed by atoms with Gasteiger partial charge in [0, 0.05) is 12.4 Å². The maximum atomic E-state index is 8.57. The van der Waals surface area contributed by atoms with Crippen molar-refractivity contribution in [3.8, 4) is 11.4 Å². The molecule has 5 nitrogen and oxygen atoms in total. The predicted octanol–water partition coefficient (Wildman–Crippen LogP) is 0.221. The number of hydrogen-bond acceptors (Lipinski definition) is 4. The van der Waals surface area contributed by atoms with Crippen molar-refractivity contribution < 1.29 is 14.7 Å². The van der Waals surface area contributed by atoms with Crippen molar-refractivity contribution in [3.63, 3.8) is 0 Å². The van der Waals surface area contributed by atoms with Crippen LogP contribution in [0.5, 0.6) is 5.75 Å². The Balaban J connectivity index is 2.17. The van der Waals surface area contributed by atoms with Gasteiger partial charge >= 0.3 is 7.32 Å². The lowest BCUT2D eigenvalue weighted by Gasteiger charge is -2.05. The summed E-state index contributed by atoms with van der Waals surface area (Å²) in [5.74, 6) is 0.390. The van der Waals surface area contributed by atoms with E-state index in [1.54, 1.807) is 35.1 Å². The monoisotopic (exact) mass is 204 g/mol. The summed E-state index contributed by atoms with van der Waals surface area (Å²) in [5.41, 5.74) is 0.875. The molecule has 0 fully saturated rings. The highest BCUT2D eigenvalue weighted by Crippen LogP contribution is 2.14. The molecular weight excluding hydrogens is 195 g/mol. The molecule has 0 aliphatic carbocycles. The molecule has 1 aromatic heterocycles. The highest BCUT2D eigenvalue weighted by atomic mass is 16.6. The van der Waals surface area contributed by atoms with Gasteiger partial charge in [0.25, 0.3) is 0 Å². The van der Waals surface area contributed by atoms with Crippen molar-refractivity contribution >= 4 is 7.32 Å². The largest absolute Gasteiger partial charge is 0.707 e. The summed E-state index contributed by atoms with van der Waals surface area (Å²) in [6.07, 6.45) is 3.50. The van der Waals surface area contributed by atoms with Gasteiger partial charge in [0.05, 0.1) is 5.69 Å². The average Bonchev–Trinajstić information content (AvgIpc) is 2.71. The minimum absolute atomic E-state index is 0.390. The van der Waals surface area contributed by atoms with E-state index in [1.165, 1.54) is 0 Å². The molecule has 1 heterocycles. The maximum absolute atomic E-state index is 8.57. The number of nitrogens with zero attached hydrogens (tertiary/aromatic N) is 2. The molecule has 0 saturated carbocycles. The summed E-state index contributed by atoms with van der Waals surface area (Å²) >= 11 is 0. The molecule has 2 rings (SSSR count). The van der Waals surface area contributed by atoms with Gasteiger partial charge < -0.3 is 14.7 Å². The minimum atomic E-state index is -1.79. The van der Waals surface area contributed by atoms with Gasteiger partial charge in [-0.1, -0.05) is 0 Å². The molecule has 0 bridgehead atoms. The van der Waals surface area contributed by atoms with Crippen LogP contribution in [-0.2, 0) is 0 Å². The van der Waals surface area contributed by atoms with E-state index < -0.39 is 7.32 Å². The molecule has 0 aliphatic rings. The van der Waals surface area contributed by atoms with Crippen LogP contribution in [-0.4, -0.2) is 27.1 Å². The second-order valence-electron chi connectivity index (χ2n) is 2.89. The lowest BCUT2D eigenvalue weighted by atomic mass is 10.2. The van der Waals surface area contributed by atoms with Gasteiger partial charge in [-0.3, -0.25) is 0 Å². The van der Waals surface area contributed by atoms with Crippen LogP contribution in [0.15, 0.2) is 42.7 Å². The van der Waals surface area contributed by atoms with Gasteiger partial charge in [0.15, 0.2) is 0 Å². The quantitative estimate of drug-likeness (QED) is 0.701. The van der Waals surface area contributed by atoms with Crippen LogP contribution >= 0.6 is 0 Å². The summed E-state index contributed by atoms with van der Waals surface area (Å²) in [7, 11) is -1.79. The molecule has 0 spiro atoms. The predicted molar refractivity (Wildman–Crippen MR) is 54.4 cm³/mol. The first-order valence-electron chi connectivity index (χ1n) is 4.38. The SMILES string of the molecule is OB(O)Oc1ccc(-n2cccn2)cc1. The lowest BCUT2D eigenvalue weighted by Crippen LogP contribution is -2.20. The fraction of sp³-hybridized carbons (Fsp3) is 0. The van der Waals surface area contributed by atoms with Crippen LogP contribution in [0.4, 0.5) is 0 Å². The van der Waals surface area contributed by atoms with Gasteiger partial charge in [0.2, 0.25) is 0 Å².